The van der Waals surface area contributed by atoms with Gasteiger partial charge in [-0.2, -0.15) is 4.98 Å². The molecule has 0 radical (unpaired) electrons. The molecule has 1 aromatic rings. The van der Waals surface area contributed by atoms with E-state index in [1.165, 1.54) is 0 Å². The molecule has 1 rings (SSSR count). The summed E-state index contributed by atoms with van der Waals surface area (Å²) in [5.41, 5.74) is -0.183. The largest absolute Gasteiger partial charge is 0.472 e. The summed E-state index contributed by atoms with van der Waals surface area (Å²) < 4.78 is 5.48. The molecular weight excluding hydrogens is 272 g/mol. The van der Waals surface area contributed by atoms with Crippen molar-refractivity contribution in [1.29, 1.82) is 0 Å². The Hall–Kier alpha value is -1.92. The minimum atomic E-state index is -0.489. The van der Waals surface area contributed by atoms with Gasteiger partial charge in [0.25, 0.3) is 5.88 Å². The number of nitrogens with one attached hydrogen (secondary N) is 1. The second-order valence-corrected chi connectivity index (χ2v) is 5.37. The molecule has 1 aromatic heterocycles. The predicted molar refractivity (Wildman–Crippen MR) is 81.8 cm³/mol. The molecule has 0 atom stereocenters. The molecule has 0 amide bonds. The van der Waals surface area contributed by atoms with E-state index >= 15 is 0 Å². The standard InChI is InChI=1S/C14H24N4O3/c1-5-6-7-8-15-13-12(18(19)20)14(17-11(4)16-13)21-9-10(2)3/h10H,5-9H2,1-4H3,(H,15,16,17). The van der Waals surface area contributed by atoms with Gasteiger partial charge in [-0.1, -0.05) is 33.6 Å². The molecule has 1 heterocycles. The van der Waals surface area contributed by atoms with E-state index in [4.69, 9.17) is 4.74 Å². The number of nitro groups is 1. The Morgan fingerprint density at radius 2 is 2.05 bits per heavy atom. The Morgan fingerprint density at radius 3 is 2.62 bits per heavy atom. The van der Waals surface area contributed by atoms with Crippen LogP contribution in [-0.2, 0) is 0 Å². The number of rotatable bonds is 9. The van der Waals surface area contributed by atoms with Crippen LogP contribution in [0.5, 0.6) is 5.88 Å². The molecular formula is C14H24N4O3. The molecule has 0 aliphatic heterocycles. The molecule has 21 heavy (non-hydrogen) atoms. The van der Waals surface area contributed by atoms with Crippen molar-refractivity contribution in [3.8, 4) is 5.88 Å². The number of aryl methyl sites for hydroxylation is 1. The normalized spacial score (nSPS) is 10.7. The van der Waals surface area contributed by atoms with Crippen molar-refractivity contribution in [3.05, 3.63) is 15.9 Å². The highest BCUT2D eigenvalue weighted by Crippen LogP contribution is 2.32. The fourth-order valence-electron chi connectivity index (χ4n) is 1.76. The number of ether oxygens (including phenoxy) is 1. The number of hydrogen-bond acceptors (Lipinski definition) is 6. The summed E-state index contributed by atoms with van der Waals surface area (Å²) >= 11 is 0. The van der Waals surface area contributed by atoms with Crippen molar-refractivity contribution in [2.24, 2.45) is 5.92 Å². The summed E-state index contributed by atoms with van der Waals surface area (Å²) in [6.07, 6.45) is 3.11. The molecule has 118 valence electrons. The van der Waals surface area contributed by atoms with Crippen molar-refractivity contribution in [1.82, 2.24) is 9.97 Å². The fraction of sp³-hybridized carbons (Fsp3) is 0.714. The maximum absolute atomic E-state index is 11.3. The van der Waals surface area contributed by atoms with Gasteiger partial charge in [-0.25, -0.2) is 4.98 Å². The molecule has 0 aliphatic rings. The zero-order valence-corrected chi connectivity index (χ0v) is 13.2. The zero-order valence-electron chi connectivity index (χ0n) is 13.2. The van der Waals surface area contributed by atoms with Crippen molar-refractivity contribution in [2.75, 3.05) is 18.5 Å². The van der Waals surface area contributed by atoms with Gasteiger partial charge in [0.05, 0.1) is 11.5 Å². The van der Waals surface area contributed by atoms with Gasteiger partial charge in [-0.15, -0.1) is 0 Å². The first-order chi connectivity index (χ1) is 9.95. The lowest BCUT2D eigenvalue weighted by Gasteiger charge is -2.11. The van der Waals surface area contributed by atoms with E-state index in [0.29, 0.717) is 19.0 Å². The maximum atomic E-state index is 11.3. The Bertz CT molecular complexity index is 478. The monoisotopic (exact) mass is 296 g/mol. The highest BCUT2D eigenvalue weighted by molar-refractivity contribution is 5.61. The first-order valence-corrected chi connectivity index (χ1v) is 7.35. The molecule has 0 saturated heterocycles. The molecule has 0 saturated carbocycles. The van der Waals surface area contributed by atoms with Gasteiger partial charge in [0.15, 0.2) is 0 Å². The second kappa shape index (κ2) is 8.39. The van der Waals surface area contributed by atoms with Gasteiger partial charge < -0.3 is 10.1 Å². The molecule has 1 N–H and O–H groups in total. The van der Waals surface area contributed by atoms with Crippen LogP contribution >= 0.6 is 0 Å². The van der Waals surface area contributed by atoms with Crippen LogP contribution in [0.3, 0.4) is 0 Å². The summed E-state index contributed by atoms with van der Waals surface area (Å²) in [5.74, 6) is 1.000. The predicted octanol–water partition coefficient (Wildman–Crippen LogP) is 3.33. The lowest BCUT2D eigenvalue weighted by Crippen LogP contribution is -2.12. The Morgan fingerprint density at radius 1 is 1.33 bits per heavy atom. The van der Waals surface area contributed by atoms with E-state index in [-0.39, 0.29) is 23.3 Å². The van der Waals surface area contributed by atoms with Gasteiger partial charge in [-0.05, 0) is 19.3 Å². The van der Waals surface area contributed by atoms with Crippen LogP contribution in [0.15, 0.2) is 0 Å². The first-order valence-electron chi connectivity index (χ1n) is 7.35. The average Bonchev–Trinajstić information content (AvgIpc) is 2.40. The number of unbranched alkanes of at least 4 members (excludes halogenated alkanes) is 2. The summed E-state index contributed by atoms with van der Waals surface area (Å²) in [5, 5.41) is 14.3. The second-order valence-electron chi connectivity index (χ2n) is 5.37. The lowest BCUT2D eigenvalue weighted by atomic mass is 10.2. The fourth-order valence-corrected chi connectivity index (χ4v) is 1.76. The molecule has 0 fully saturated rings. The maximum Gasteiger partial charge on any atom is 0.372 e. The topological polar surface area (TPSA) is 90.2 Å². The summed E-state index contributed by atoms with van der Waals surface area (Å²) in [6.45, 7) is 8.78. The van der Waals surface area contributed by atoms with Crippen LogP contribution in [0.4, 0.5) is 11.5 Å². The van der Waals surface area contributed by atoms with E-state index in [9.17, 15) is 10.1 Å². The number of nitrogens with zero attached hydrogens (tertiary/aromatic N) is 3. The van der Waals surface area contributed by atoms with Gasteiger partial charge in [0, 0.05) is 6.54 Å². The third kappa shape index (κ3) is 5.53. The smallest absolute Gasteiger partial charge is 0.372 e. The number of anilines is 1. The molecule has 7 heteroatoms. The Kier molecular flexibility index (Phi) is 6.84. The van der Waals surface area contributed by atoms with Crippen molar-refractivity contribution in [2.45, 2.75) is 47.0 Å². The van der Waals surface area contributed by atoms with Crippen LogP contribution < -0.4 is 10.1 Å². The van der Waals surface area contributed by atoms with E-state index in [0.717, 1.165) is 19.3 Å². The van der Waals surface area contributed by atoms with Crippen molar-refractivity contribution in [3.63, 3.8) is 0 Å². The quantitative estimate of drug-likeness (QED) is 0.427. The van der Waals surface area contributed by atoms with Crippen molar-refractivity contribution >= 4 is 11.5 Å². The number of aromatic nitrogens is 2. The molecule has 0 bridgehead atoms. The van der Waals surface area contributed by atoms with Gasteiger partial charge >= 0.3 is 5.69 Å². The van der Waals surface area contributed by atoms with Gasteiger partial charge in [0.1, 0.15) is 5.82 Å². The minimum Gasteiger partial charge on any atom is -0.472 e. The summed E-state index contributed by atoms with van der Waals surface area (Å²) in [6, 6.07) is 0. The van der Waals surface area contributed by atoms with Crippen LogP contribution in [0.1, 0.15) is 45.9 Å². The highest BCUT2D eigenvalue weighted by Gasteiger charge is 2.25. The molecule has 0 aromatic carbocycles. The summed E-state index contributed by atoms with van der Waals surface area (Å²) in [4.78, 5) is 19.0. The van der Waals surface area contributed by atoms with Gasteiger partial charge in [0.2, 0.25) is 5.82 Å². The van der Waals surface area contributed by atoms with Gasteiger partial charge in [-0.3, -0.25) is 10.1 Å². The third-order valence-corrected chi connectivity index (χ3v) is 2.77. The average molecular weight is 296 g/mol. The van der Waals surface area contributed by atoms with Crippen LogP contribution in [0.25, 0.3) is 0 Å². The van der Waals surface area contributed by atoms with E-state index in [2.05, 4.69) is 22.2 Å². The Labute approximate surface area is 125 Å². The van der Waals surface area contributed by atoms with E-state index in [1.54, 1.807) is 6.92 Å². The van der Waals surface area contributed by atoms with E-state index in [1.807, 2.05) is 13.8 Å². The van der Waals surface area contributed by atoms with E-state index < -0.39 is 4.92 Å². The van der Waals surface area contributed by atoms with Crippen molar-refractivity contribution < 1.29 is 9.66 Å². The molecule has 0 unspecified atom stereocenters. The van der Waals surface area contributed by atoms with Crippen LogP contribution in [0, 0.1) is 23.0 Å². The highest BCUT2D eigenvalue weighted by atomic mass is 16.6. The molecule has 0 spiro atoms. The first kappa shape index (κ1) is 17.1. The third-order valence-electron chi connectivity index (χ3n) is 2.77. The minimum absolute atomic E-state index is 0.0409. The summed E-state index contributed by atoms with van der Waals surface area (Å²) in [7, 11) is 0. The SMILES string of the molecule is CCCCCNc1nc(C)nc(OCC(C)C)c1[N+](=O)[O-]. The molecule has 7 nitrogen and oxygen atoms in total. The lowest BCUT2D eigenvalue weighted by molar-refractivity contribution is -0.385. The van der Waals surface area contributed by atoms with Crippen LogP contribution in [0.2, 0.25) is 0 Å². The van der Waals surface area contributed by atoms with Crippen LogP contribution in [-0.4, -0.2) is 28.0 Å². The molecule has 0 aliphatic carbocycles. The Balaban J connectivity index is 2.96. The zero-order chi connectivity index (χ0) is 15.8. The number of hydrogen-bond donors (Lipinski definition) is 1.